The zero-order chi connectivity index (χ0) is 28.9. The third-order valence-corrected chi connectivity index (χ3v) is 7.54. The number of aliphatic hydroxyl groups excluding tert-OH is 2. The van der Waals surface area contributed by atoms with Crippen LogP contribution in [0.2, 0.25) is 5.02 Å². The van der Waals surface area contributed by atoms with Crippen molar-refractivity contribution in [1.82, 2.24) is 25.2 Å². The first-order chi connectivity index (χ1) is 19.9. The number of fused-ring (bicyclic) bond motifs is 1. The smallest absolute Gasteiger partial charge is 0.225 e. The standard InChI is InChI=1S/C29H32ClFN6O4/c1-32-27-20-9-12-37(28(20)36-16-35-27)23-14-21(25(38)26(23)39)29(40)34-11-2-10-33-15-17-3-8-24(22(31)13-17)41-19-6-4-18(30)5-7-19/h3-9,12-13,16,21,23,25-26,33,38-39H,2,10-11,14-15H2,1H3,(H,34,40)(H,32,35,36)/t21-,23+,25+,26-/m0/s1. The van der Waals surface area contributed by atoms with Gasteiger partial charge in [0.25, 0.3) is 0 Å². The summed E-state index contributed by atoms with van der Waals surface area (Å²) >= 11 is 5.87. The number of rotatable bonds is 11. The van der Waals surface area contributed by atoms with Crippen molar-refractivity contribution < 1.29 is 24.1 Å². The van der Waals surface area contributed by atoms with E-state index in [1.807, 2.05) is 6.07 Å². The van der Waals surface area contributed by atoms with E-state index in [1.54, 1.807) is 54.2 Å². The van der Waals surface area contributed by atoms with Gasteiger partial charge in [-0.05, 0) is 67.4 Å². The zero-order valence-electron chi connectivity index (χ0n) is 22.4. The van der Waals surface area contributed by atoms with E-state index in [9.17, 15) is 19.4 Å². The molecule has 0 saturated heterocycles. The Morgan fingerprint density at radius 2 is 1.93 bits per heavy atom. The molecular formula is C29H32ClFN6O4. The number of aliphatic hydroxyl groups is 2. The monoisotopic (exact) mass is 582 g/mol. The third kappa shape index (κ3) is 6.43. The minimum Gasteiger partial charge on any atom is -0.454 e. The summed E-state index contributed by atoms with van der Waals surface area (Å²) in [6, 6.07) is 12.8. The van der Waals surface area contributed by atoms with Gasteiger partial charge < -0.3 is 35.5 Å². The van der Waals surface area contributed by atoms with Gasteiger partial charge in [-0.2, -0.15) is 0 Å². The van der Waals surface area contributed by atoms with Gasteiger partial charge in [0.2, 0.25) is 5.91 Å². The van der Waals surface area contributed by atoms with Crippen LogP contribution in [0.15, 0.2) is 61.1 Å². The van der Waals surface area contributed by atoms with Gasteiger partial charge >= 0.3 is 0 Å². The number of hydrogen-bond donors (Lipinski definition) is 5. The number of carbonyl (C=O) groups excluding carboxylic acids is 1. The molecular weight excluding hydrogens is 551 g/mol. The van der Waals surface area contributed by atoms with E-state index in [4.69, 9.17) is 16.3 Å². The first-order valence-corrected chi connectivity index (χ1v) is 13.8. The van der Waals surface area contributed by atoms with Crippen LogP contribution in [0.3, 0.4) is 0 Å². The first kappa shape index (κ1) is 28.7. The van der Waals surface area contributed by atoms with E-state index in [1.165, 1.54) is 12.4 Å². The second-order valence-corrected chi connectivity index (χ2v) is 10.4. The van der Waals surface area contributed by atoms with E-state index >= 15 is 0 Å². The van der Waals surface area contributed by atoms with Gasteiger partial charge in [-0.3, -0.25) is 4.79 Å². The second-order valence-electron chi connectivity index (χ2n) is 9.97. The molecule has 10 nitrogen and oxygen atoms in total. The maximum atomic E-state index is 14.5. The Balaban J connectivity index is 1.06. The predicted octanol–water partition coefficient (Wildman–Crippen LogP) is 3.64. The molecule has 1 aliphatic carbocycles. The number of benzene rings is 2. The van der Waals surface area contributed by atoms with Gasteiger partial charge in [0.05, 0.1) is 23.4 Å². The Morgan fingerprint density at radius 3 is 2.68 bits per heavy atom. The Hall–Kier alpha value is -3.77. The molecule has 0 spiro atoms. The number of nitrogens with zero attached hydrogens (tertiary/aromatic N) is 3. The van der Waals surface area contributed by atoms with Gasteiger partial charge in [0.1, 0.15) is 29.6 Å². The minimum absolute atomic E-state index is 0.126. The van der Waals surface area contributed by atoms with Gasteiger partial charge in [-0.25, -0.2) is 14.4 Å². The van der Waals surface area contributed by atoms with Crippen LogP contribution >= 0.6 is 11.6 Å². The largest absolute Gasteiger partial charge is 0.454 e. The molecule has 0 radical (unpaired) electrons. The summed E-state index contributed by atoms with van der Waals surface area (Å²) in [6.07, 6.45) is 1.83. The third-order valence-electron chi connectivity index (χ3n) is 7.29. The summed E-state index contributed by atoms with van der Waals surface area (Å²) in [5.74, 6) is -0.240. The summed E-state index contributed by atoms with van der Waals surface area (Å²) in [5.41, 5.74) is 1.38. The SMILES string of the molecule is CNc1ncnc2c1ccn2[C@@H]1C[C@H](C(=O)NCCCNCc2ccc(Oc3ccc(Cl)cc3)c(F)c2)[C@@H](O)[C@H]1O. The van der Waals surface area contributed by atoms with Crippen molar-refractivity contribution in [3.8, 4) is 11.5 Å². The number of nitrogens with one attached hydrogen (secondary N) is 3. The van der Waals surface area contributed by atoms with Crippen molar-refractivity contribution in [2.75, 3.05) is 25.5 Å². The van der Waals surface area contributed by atoms with Crippen LogP contribution in [0.4, 0.5) is 10.2 Å². The lowest BCUT2D eigenvalue weighted by atomic mass is 10.0. The molecule has 5 N–H and O–H groups in total. The number of hydrogen-bond acceptors (Lipinski definition) is 8. The van der Waals surface area contributed by atoms with Gasteiger partial charge in [-0.1, -0.05) is 17.7 Å². The topological polar surface area (TPSA) is 134 Å². The minimum atomic E-state index is -1.19. The molecule has 12 heteroatoms. The number of halogens is 2. The van der Waals surface area contributed by atoms with Crippen molar-refractivity contribution in [1.29, 1.82) is 0 Å². The van der Waals surface area contributed by atoms with Crippen molar-refractivity contribution in [3.05, 3.63) is 77.5 Å². The molecule has 0 bridgehead atoms. The maximum absolute atomic E-state index is 14.5. The molecule has 1 aliphatic rings. The summed E-state index contributed by atoms with van der Waals surface area (Å²) in [4.78, 5) is 21.4. The molecule has 1 saturated carbocycles. The molecule has 4 atom stereocenters. The molecule has 2 aromatic carbocycles. The Labute approximate surface area is 241 Å². The Kier molecular flexibility index (Phi) is 8.99. The Morgan fingerprint density at radius 1 is 1.12 bits per heavy atom. The van der Waals surface area contributed by atoms with E-state index in [-0.39, 0.29) is 18.1 Å². The number of ether oxygens (including phenoxy) is 1. The van der Waals surface area contributed by atoms with Crippen LogP contribution in [0.1, 0.15) is 24.4 Å². The van der Waals surface area contributed by atoms with Crippen LogP contribution in [0, 0.1) is 11.7 Å². The second kappa shape index (κ2) is 12.8. The first-order valence-electron chi connectivity index (χ1n) is 13.4. The molecule has 0 unspecified atom stereocenters. The molecule has 2 heterocycles. The molecule has 5 rings (SSSR count). The normalized spacial score (nSPS) is 20.3. The maximum Gasteiger partial charge on any atom is 0.225 e. The number of amides is 1. The highest BCUT2D eigenvalue weighted by Gasteiger charge is 2.46. The molecule has 4 aromatic rings. The highest BCUT2D eigenvalue weighted by molar-refractivity contribution is 6.30. The number of anilines is 1. The van der Waals surface area contributed by atoms with Crippen LogP contribution in [-0.4, -0.2) is 63.0 Å². The van der Waals surface area contributed by atoms with E-state index in [0.29, 0.717) is 48.3 Å². The van der Waals surface area contributed by atoms with Crippen molar-refractivity contribution in [2.24, 2.45) is 5.92 Å². The molecule has 1 fully saturated rings. The van der Waals surface area contributed by atoms with Crippen molar-refractivity contribution in [2.45, 2.75) is 37.6 Å². The lowest BCUT2D eigenvalue weighted by molar-refractivity contribution is -0.128. The van der Waals surface area contributed by atoms with Crippen molar-refractivity contribution in [3.63, 3.8) is 0 Å². The van der Waals surface area contributed by atoms with Crippen LogP contribution < -0.4 is 20.7 Å². The molecule has 0 aliphatic heterocycles. The van der Waals surface area contributed by atoms with E-state index in [0.717, 1.165) is 10.9 Å². The number of aromatic nitrogens is 3. The lowest BCUT2D eigenvalue weighted by Gasteiger charge is -2.19. The highest BCUT2D eigenvalue weighted by atomic mass is 35.5. The summed E-state index contributed by atoms with van der Waals surface area (Å²) in [7, 11) is 1.76. The quantitative estimate of drug-likeness (QED) is 0.169. The summed E-state index contributed by atoms with van der Waals surface area (Å²) in [5, 5.41) is 31.9. The average molecular weight is 583 g/mol. The lowest BCUT2D eigenvalue weighted by Crippen LogP contribution is -2.39. The molecule has 1 amide bonds. The highest BCUT2D eigenvalue weighted by Crippen LogP contribution is 2.38. The summed E-state index contributed by atoms with van der Waals surface area (Å²) in [6.45, 7) is 1.43. The fraction of sp³-hybridized carbons (Fsp3) is 0.345. The van der Waals surface area contributed by atoms with E-state index < -0.39 is 30.0 Å². The summed E-state index contributed by atoms with van der Waals surface area (Å²) < 4.78 is 21.9. The van der Waals surface area contributed by atoms with Crippen LogP contribution in [0.25, 0.3) is 11.0 Å². The average Bonchev–Trinajstić information content (AvgIpc) is 3.53. The molecule has 41 heavy (non-hydrogen) atoms. The van der Waals surface area contributed by atoms with E-state index in [2.05, 4.69) is 25.9 Å². The fourth-order valence-electron chi connectivity index (χ4n) is 5.14. The Bertz CT molecular complexity index is 1500. The van der Waals surface area contributed by atoms with Gasteiger partial charge in [-0.15, -0.1) is 0 Å². The fourth-order valence-corrected chi connectivity index (χ4v) is 5.26. The number of carbonyl (C=O) groups is 1. The molecule has 2 aromatic heterocycles. The van der Waals surface area contributed by atoms with Crippen molar-refractivity contribution >= 4 is 34.4 Å². The zero-order valence-corrected chi connectivity index (χ0v) is 23.2. The molecule has 216 valence electrons. The van der Waals surface area contributed by atoms with Gasteiger partial charge in [0, 0.05) is 31.4 Å². The van der Waals surface area contributed by atoms with Gasteiger partial charge in [0.15, 0.2) is 11.6 Å². The van der Waals surface area contributed by atoms with Crippen LogP contribution in [0.5, 0.6) is 11.5 Å². The van der Waals surface area contributed by atoms with Crippen LogP contribution in [-0.2, 0) is 11.3 Å². The predicted molar refractivity (Wildman–Crippen MR) is 153 cm³/mol.